The van der Waals surface area contributed by atoms with Crippen molar-refractivity contribution in [1.82, 2.24) is 0 Å². The third-order valence-corrected chi connectivity index (χ3v) is 9.42. The molecule has 0 bridgehead atoms. The molecule has 1 amide bonds. The highest BCUT2D eigenvalue weighted by Crippen LogP contribution is 2.51. The van der Waals surface area contributed by atoms with E-state index >= 15 is 0 Å². The average Bonchev–Trinajstić information content (AvgIpc) is 3.36. The van der Waals surface area contributed by atoms with Crippen molar-refractivity contribution < 1.29 is 18.0 Å². The van der Waals surface area contributed by atoms with E-state index in [1.165, 1.54) is 24.1 Å². The van der Waals surface area contributed by atoms with Crippen molar-refractivity contribution in [2.24, 2.45) is 5.73 Å². The van der Waals surface area contributed by atoms with Crippen molar-refractivity contribution in [3.63, 3.8) is 0 Å². The third kappa shape index (κ3) is 5.90. The predicted octanol–water partition coefficient (Wildman–Crippen LogP) is 9.18. The molecule has 46 heavy (non-hydrogen) atoms. The lowest BCUT2D eigenvalue weighted by Gasteiger charge is -2.29. The van der Waals surface area contributed by atoms with Crippen LogP contribution in [0.3, 0.4) is 0 Å². The third-order valence-electron chi connectivity index (χ3n) is 8.51. The Kier molecular flexibility index (Phi) is 8.69. The molecule has 0 aliphatic heterocycles. The second-order valence-electron chi connectivity index (χ2n) is 11.2. The highest BCUT2D eigenvalue weighted by atomic mass is 32.2. The molecule has 6 rings (SSSR count). The van der Waals surface area contributed by atoms with E-state index in [9.17, 15) is 18.0 Å². The number of hydrogen-bond acceptors (Lipinski definition) is 5. The first-order valence-corrected chi connectivity index (χ1v) is 15.8. The fraction of sp³-hybridized carbons (Fsp3) is 0.162. The SMILES string of the molecule is CNc1cc(NSc2ccccc2-c2ccc(C(F)(F)F)cc2)ccc1NCCCC1(C(N)=O)c2ccccc2-c2ccccc21. The second kappa shape index (κ2) is 12.8. The topological polar surface area (TPSA) is 79.2 Å². The first kappa shape index (κ1) is 31.1. The maximum absolute atomic E-state index is 13.1. The minimum Gasteiger partial charge on any atom is -0.386 e. The molecule has 5 aromatic carbocycles. The van der Waals surface area contributed by atoms with Crippen molar-refractivity contribution >= 4 is 34.9 Å². The molecule has 1 aliphatic rings. The largest absolute Gasteiger partial charge is 0.416 e. The van der Waals surface area contributed by atoms with Crippen LogP contribution >= 0.6 is 11.9 Å². The van der Waals surface area contributed by atoms with Gasteiger partial charge in [-0.1, -0.05) is 78.9 Å². The Hall–Kier alpha value is -4.89. The molecule has 0 fully saturated rings. The van der Waals surface area contributed by atoms with Gasteiger partial charge in [0.05, 0.1) is 22.4 Å². The van der Waals surface area contributed by atoms with Gasteiger partial charge < -0.3 is 21.1 Å². The number of primary amides is 1. The normalized spacial score (nSPS) is 13.0. The van der Waals surface area contributed by atoms with Crippen LogP contribution in [0.15, 0.2) is 120 Å². The molecule has 5 N–H and O–H groups in total. The molecule has 234 valence electrons. The van der Waals surface area contributed by atoms with Crippen LogP contribution in [-0.2, 0) is 16.4 Å². The molecule has 5 nitrogen and oxygen atoms in total. The zero-order valence-electron chi connectivity index (χ0n) is 25.1. The summed E-state index contributed by atoms with van der Waals surface area (Å²) in [6.45, 7) is 0.635. The molecule has 0 atom stereocenters. The number of hydrogen-bond donors (Lipinski definition) is 4. The number of fused-ring (bicyclic) bond motifs is 3. The monoisotopic (exact) mass is 638 g/mol. The van der Waals surface area contributed by atoms with Crippen molar-refractivity contribution in [2.45, 2.75) is 29.3 Å². The lowest BCUT2D eigenvalue weighted by molar-refractivity contribution is -0.137. The number of anilines is 3. The van der Waals surface area contributed by atoms with E-state index in [-0.39, 0.29) is 5.91 Å². The van der Waals surface area contributed by atoms with Gasteiger partial charge in [-0.25, -0.2) is 0 Å². The molecular formula is C37H33F3N4OS. The van der Waals surface area contributed by atoms with E-state index in [2.05, 4.69) is 27.5 Å². The smallest absolute Gasteiger partial charge is 0.386 e. The number of benzene rings is 5. The molecule has 0 unspecified atom stereocenters. The van der Waals surface area contributed by atoms with Crippen molar-refractivity contribution in [2.75, 3.05) is 28.9 Å². The molecule has 0 saturated carbocycles. The van der Waals surface area contributed by atoms with Crippen LogP contribution in [0.2, 0.25) is 0 Å². The molecule has 1 aliphatic carbocycles. The molecular weight excluding hydrogens is 605 g/mol. The standard InChI is InChI=1S/C37H33F3N4OS/c1-42-33-23-26(44-46-34-14-7-4-9-27(34)24-15-17-25(18-16-24)37(38,39)40)19-20-32(33)43-22-8-21-36(35(41)45)30-12-5-2-10-28(30)29-11-3-6-13-31(29)36/h2-7,9-20,23,42-44H,8,21-22H2,1H3,(H2,41,45). The second-order valence-corrected chi connectivity index (χ2v) is 12.0. The number of nitrogens with one attached hydrogen (secondary N) is 3. The Morgan fingerprint density at radius 1 is 0.783 bits per heavy atom. The molecule has 0 spiro atoms. The predicted molar refractivity (Wildman–Crippen MR) is 182 cm³/mol. The van der Waals surface area contributed by atoms with Gasteiger partial charge in [-0.05, 0) is 94.6 Å². The van der Waals surface area contributed by atoms with Crippen molar-refractivity contribution in [3.8, 4) is 22.3 Å². The van der Waals surface area contributed by atoms with Gasteiger partial charge in [0.1, 0.15) is 0 Å². The Balaban J connectivity index is 1.12. The van der Waals surface area contributed by atoms with E-state index in [1.807, 2.05) is 85.9 Å². The van der Waals surface area contributed by atoms with Gasteiger partial charge in [0.2, 0.25) is 5.91 Å². The number of rotatable bonds is 11. The van der Waals surface area contributed by atoms with Crippen LogP contribution in [0, 0.1) is 0 Å². The van der Waals surface area contributed by atoms with Crippen LogP contribution in [0.25, 0.3) is 22.3 Å². The average molecular weight is 639 g/mol. The summed E-state index contributed by atoms with van der Waals surface area (Å²) in [4.78, 5) is 14.0. The van der Waals surface area contributed by atoms with E-state index < -0.39 is 17.2 Å². The summed E-state index contributed by atoms with van der Waals surface area (Å²) in [5.41, 5.74) is 12.8. The minimum atomic E-state index is -4.37. The number of carbonyl (C=O) groups is 1. The summed E-state index contributed by atoms with van der Waals surface area (Å²) in [5, 5.41) is 6.75. The molecule has 0 heterocycles. The highest BCUT2D eigenvalue weighted by molar-refractivity contribution is 8.00. The Morgan fingerprint density at radius 3 is 2.00 bits per heavy atom. The first-order valence-electron chi connectivity index (χ1n) is 15.0. The van der Waals surface area contributed by atoms with E-state index in [4.69, 9.17) is 5.73 Å². The summed E-state index contributed by atoms with van der Waals surface area (Å²) in [6.07, 6.45) is -3.08. The van der Waals surface area contributed by atoms with Crippen LogP contribution in [0.1, 0.15) is 29.5 Å². The van der Waals surface area contributed by atoms with Gasteiger partial charge in [0.15, 0.2) is 0 Å². The fourth-order valence-corrected chi connectivity index (χ4v) is 7.07. The molecule has 0 aromatic heterocycles. The maximum atomic E-state index is 13.1. The number of amides is 1. The molecule has 5 aromatic rings. The van der Waals surface area contributed by atoms with Crippen LogP contribution < -0.4 is 21.1 Å². The van der Waals surface area contributed by atoms with Crippen LogP contribution in [-0.4, -0.2) is 19.5 Å². The van der Waals surface area contributed by atoms with Gasteiger partial charge in [0, 0.05) is 24.2 Å². The van der Waals surface area contributed by atoms with Gasteiger partial charge in [-0.2, -0.15) is 13.2 Å². The number of halogens is 3. The lowest BCUT2D eigenvalue weighted by atomic mass is 9.74. The van der Waals surface area contributed by atoms with Gasteiger partial charge in [-0.3, -0.25) is 4.79 Å². The molecule has 9 heteroatoms. The van der Waals surface area contributed by atoms with Gasteiger partial charge in [0.25, 0.3) is 0 Å². The highest BCUT2D eigenvalue weighted by Gasteiger charge is 2.47. The minimum absolute atomic E-state index is 0.339. The maximum Gasteiger partial charge on any atom is 0.416 e. The zero-order chi connectivity index (χ0) is 32.3. The molecule has 0 radical (unpaired) electrons. The zero-order valence-corrected chi connectivity index (χ0v) is 25.9. The summed E-state index contributed by atoms with van der Waals surface area (Å²) in [6, 6.07) is 34.8. The fourth-order valence-electron chi connectivity index (χ4n) is 6.28. The lowest BCUT2D eigenvalue weighted by Crippen LogP contribution is -2.41. The van der Waals surface area contributed by atoms with Crippen molar-refractivity contribution in [3.05, 3.63) is 132 Å². The van der Waals surface area contributed by atoms with E-state index in [1.54, 1.807) is 0 Å². The van der Waals surface area contributed by atoms with Crippen LogP contribution in [0.5, 0.6) is 0 Å². The van der Waals surface area contributed by atoms with Crippen molar-refractivity contribution in [1.29, 1.82) is 0 Å². The van der Waals surface area contributed by atoms with Gasteiger partial charge in [-0.15, -0.1) is 0 Å². The Morgan fingerprint density at radius 2 is 1.39 bits per heavy atom. The molecule has 0 saturated heterocycles. The van der Waals surface area contributed by atoms with Crippen LogP contribution in [0.4, 0.5) is 30.2 Å². The number of alkyl halides is 3. The van der Waals surface area contributed by atoms with E-state index in [0.717, 1.165) is 61.9 Å². The van der Waals surface area contributed by atoms with E-state index in [0.29, 0.717) is 24.9 Å². The quantitative estimate of drug-likeness (QED) is 0.0857. The Labute approximate surface area is 270 Å². The summed E-state index contributed by atoms with van der Waals surface area (Å²) < 4.78 is 42.5. The first-order chi connectivity index (χ1) is 22.2. The van der Waals surface area contributed by atoms with Gasteiger partial charge >= 0.3 is 6.18 Å². The number of nitrogens with two attached hydrogens (primary N) is 1. The summed E-state index contributed by atoms with van der Waals surface area (Å²) >= 11 is 1.39. The summed E-state index contributed by atoms with van der Waals surface area (Å²) in [7, 11) is 1.85. The Bertz CT molecular complexity index is 1830. The summed E-state index contributed by atoms with van der Waals surface area (Å²) in [5.74, 6) is -0.339. The number of carbonyl (C=O) groups excluding carboxylic acids is 1.